The van der Waals surface area contributed by atoms with E-state index in [-0.39, 0.29) is 23.4 Å². The van der Waals surface area contributed by atoms with Crippen LogP contribution in [0.15, 0.2) is 11.3 Å². The predicted octanol–water partition coefficient (Wildman–Crippen LogP) is 3.54. The molecule has 0 saturated carbocycles. The Morgan fingerprint density at radius 2 is 2.06 bits per heavy atom. The number of hydrogen-bond donors (Lipinski definition) is 0. The second kappa shape index (κ2) is 3.97. The van der Waals surface area contributed by atoms with Crippen LogP contribution in [-0.4, -0.2) is 20.1 Å². The summed E-state index contributed by atoms with van der Waals surface area (Å²) in [6.07, 6.45) is 5.82. The van der Waals surface area contributed by atoms with Gasteiger partial charge in [-0.2, -0.15) is 0 Å². The molecule has 1 fully saturated rings. The second-order valence-corrected chi connectivity index (χ2v) is 11.8. The summed E-state index contributed by atoms with van der Waals surface area (Å²) in [5, 5.41) is 1.41. The molecule has 1 heterocycles. The molecule has 0 bridgehead atoms. The normalized spacial score (nSPS) is 36.1. The van der Waals surface area contributed by atoms with Crippen LogP contribution in [0.3, 0.4) is 0 Å². The molecule has 0 radical (unpaired) electrons. The van der Waals surface area contributed by atoms with Crippen molar-refractivity contribution in [2.45, 2.75) is 58.9 Å². The number of fused-ring (bicyclic) bond motifs is 1. The van der Waals surface area contributed by atoms with E-state index in [1.807, 2.05) is 0 Å². The fourth-order valence-corrected chi connectivity index (χ4v) is 5.18. The number of rotatable bonds is 4. The van der Waals surface area contributed by atoms with Crippen LogP contribution >= 0.6 is 0 Å². The number of unbranched alkanes of at least 4 members (excludes halogenated alkanes) is 1. The molecular formula is C14H24O2Si. The third-order valence-corrected chi connectivity index (χ3v) is 6.44. The molecule has 0 N–H and O–H groups in total. The summed E-state index contributed by atoms with van der Waals surface area (Å²) in [4.78, 5) is 12.0. The molecule has 3 atom stereocenters. The van der Waals surface area contributed by atoms with Crippen LogP contribution in [-0.2, 0) is 9.53 Å². The molecule has 96 valence electrons. The fraction of sp³-hybridized carbons (Fsp3) is 0.786. The highest BCUT2D eigenvalue weighted by Gasteiger charge is 2.61. The van der Waals surface area contributed by atoms with E-state index in [1.54, 1.807) is 0 Å². The average molecular weight is 252 g/mol. The van der Waals surface area contributed by atoms with Crippen molar-refractivity contribution in [3.63, 3.8) is 0 Å². The number of carbonyl (C=O) groups is 1. The standard InChI is InChI=1S/C14H24O2Si/c1-6-7-8-11-14(2)9-10(17(3,4)5)12(14)13(15)16-11/h9,11-12H,6-8H2,1-5H3/t11-,12+,14-/m1/s1. The molecule has 17 heavy (non-hydrogen) atoms. The first kappa shape index (κ1) is 12.9. The van der Waals surface area contributed by atoms with Crippen molar-refractivity contribution in [2.24, 2.45) is 11.3 Å². The molecular weight excluding hydrogens is 228 g/mol. The van der Waals surface area contributed by atoms with E-state index in [4.69, 9.17) is 4.74 Å². The summed E-state index contributed by atoms with van der Waals surface area (Å²) in [5.74, 6) is 0.115. The Bertz CT molecular complexity index is 367. The van der Waals surface area contributed by atoms with E-state index >= 15 is 0 Å². The first-order valence-corrected chi connectivity index (χ1v) is 10.2. The van der Waals surface area contributed by atoms with Gasteiger partial charge in [-0.1, -0.05) is 57.6 Å². The van der Waals surface area contributed by atoms with Crippen LogP contribution in [0.1, 0.15) is 33.1 Å². The van der Waals surface area contributed by atoms with Crippen molar-refractivity contribution in [3.8, 4) is 0 Å². The highest BCUT2D eigenvalue weighted by Crippen LogP contribution is 2.56. The van der Waals surface area contributed by atoms with Gasteiger partial charge in [0.25, 0.3) is 0 Å². The van der Waals surface area contributed by atoms with Crippen molar-refractivity contribution in [1.29, 1.82) is 0 Å². The Labute approximate surface area is 105 Å². The summed E-state index contributed by atoms with van der Waals surface area (Å²) >= 11 is 0. The average Bonchev–Trinajstić information content (AvgIpc) is 2.34. The van der Waals surface area contributed by atoms with Crippen LogP contribution in [0.25, 0.3) is 0 Å². The molecule has 2 rings (SSSR count). The molecule has 0 aromatic heterocycles. The zero-order chi connectivity index (χ0) is 12.8. The van der Waals surface area contributed by atoms with Gasteiger partial charge in [0, 0.05) is 5.41 Å². The Morgan fingerprint density at radius 1 is 1.41 bits per heavy atom. The minimum atomic E-state index is -1.35. The Balaban J connectivity index is 2.21. The minimum absolute atomic E-state index is 0.00185. The molecule has 0 aromatic rings. The maximum atomic E-state index is 12.0. The lowest BCUT2D eigenvalue weighted by molar-refractivity contribution is -0.143. The molecule has 2 nitrogen and oxygen atoms in total. The summed E-state index contributed by atoms with van der Waals surface area (Å²) in [5.41, 5.74) is 0.00185. The van der Waals surface area contributed by atoms with Crippen molar-refractivity contribution >= 4 is 14.0 Å². The molecule has 1 aliphatic carbocycles. The lowest BCUT2D eigenvalue weighted by Gasteiger charge is -2.44. The molecule has 0 unspecified atom stereocenters. The van der Waals surface area contributed by atoms with Crippen LogP contribution in [0.4, 0.5) is 0 Å². The minimum Gasteiger partial charge on any atom is -0.461 e. The summed E-state index contributed by atoms with van der Waals surface area (Å²) < 4.78 is 5.61. The lowest BCUT2D eigenvalue weighted by atomic mass is 9.65. The first-order valence-electron chi connectivity index (χ1n) is 6.74. The van der Waals surface area contributed by atoms with Gasteiger partial charge in [-0.15, -0.1) is 0 Å². The molecule has 1 aliphatic heterocycles. The number of ether oxygens (including phenoxy) is 1. The van der Waals surface area contributed by atoms with E-state index in [9.17, 15) is 4.79 Å². The third-order valence-electron chi connectivity index (χ3n) is 4.27. The molecule has 0 aromatic carbocycles. The topological polar surface area (TPSA) is 26.3 Å². The van der Waals surface area contributed by atoms with Gasteiger partial charge in [0.2, 0.25) is 0 Å². The number of esters is 1. The SMILES string of the molecule is CCCC[C@H]1OC(=O)[C@@H]2C([Si](C)(C)C)=C[C@@]21C. The first-order chi connectivity index (χ1) is 7.80. The van der Waals surface area contributed by atoms with Gasteiger partial charge in [0.05, 0.1) is 14.0 Å². The van der Waals surface area contributed by atoms with Crippen LogP contribution in [0, 0.1) is 11.3 Å². The summed E-state index contributed by atoms with van der Waals surface area (Å²) in [6.45, 7) is 11.3. The van der Waals surface area contributed by atoms with E-state index in [1.165, 1.54) is 11.6 Å². The van der Waals surface area contributed by atoms with Gasteiger partial charge in [0.15, 0.2) is 0 Å². The molecule has 2 aliphatic rings. The molecule has 1 saturated heterocycles. The van der Waals surface area contributed by atoms with Crippen molar-refractivity contribution in [2.75, 3.05) is 0 Å². The monoisotopic (exact) mass is 252 g/mol. The molecule has 3 heteroatoms. The summed E-state index contributed by atoms with van der Waals surface area (Å²) in [6, 6.07) is 0. The third kappa shape index (κ3) is 1.88. The smallest absolute Gasteiger partial charge is 0.314 e. The van der Waals surface area contributed by atoms with Crippen molar-refractivity contribution < 1.29 is 9.53 Å². The van der Waals surface area contributed by atoms with Gasteiger partial charge in [-0.25, -0.2) is 0 Å². The largest absolute Gasteiger partial charge is 0.461 e. The summed E-state index contributed by atoms with van der Waals surface area (Å²) in [7, 11) is -1.35. The highest BCUT2D eigenvalue weighted by molar-refractivity contribution is 6.83. The van der Waals surface area contributed by atoms with Gasteiger partial charge in [-0.05, 0) is 6.42 Å². The Kier molecular flexibility index (Phi) is 3.01. The van der Waals surface area contributed by atoms with Crippen LogP contribution < -0.4 is 0 Å². The van der Waals surface area contributed by atoms with Crippen LogP contribution in [0.5, 0.6) is 0 Å². The van der Waals surface area contributed by atoms with Crippen molar-refractivity contribution in [3.05, 3.63) is 11.3 Å². The number of hydrogen-bond acceptors (Lipinski definition) is 2. The van der Waals surface area contributed by atoms with Gasteiger partial charge >= 0.3 is 5.97 Å². The highest BCUT2D eigenvalue weighted by atomic mass is 28.3. The maximum Gasteiger partial charge on any atom is 0.314 e. The van der Waals surface area contributed by atoms with Gasteiger partial charge in [-0.3, -0.25) is 4.79 Å². The fourth-order valence-electron chi connectivity index (χ4n) is 3.14. The van der Waals surface area contributed by atoms with E-state index in [2.05, 4.69) is 39.6 Å². The molecule has 0 spiro atoms. The number of carbonyl (C=O) groups excluding carboxylic acids is 1. The Hall–Kier alpha value is -0.573. The zero-order valence-corrected chi connectivity index (χ0v) is 12.7. The predicted molar refractivity (Wildman–Crippen MR) is 72.4 cm³/mol. The van der Waals surface area contributed by atoms with E-state index < -0.39 is 8.07 Å². The van der Waals surface area contributed by atoms with E-state index in [0.29, 0.717) is 0 Å². The zero-order valence-electron chi connectivity index (χ0n) is 11.7. The lowest BCUT2D eigenvalue weighted by Crippen LogP contribution is -2.48. The number of cyclic esters (lactones) is 1. The second-order valence-electron chi connectivity index (χ2n) is 6.72. The van der Waals surface area contributed by atoms with E-state index in [0.717, 1.165) is 12.8 Å². The van der Waals surface area contributed by atoms with Crippen molar-refractivity contribution in [1.82, 2.24) is 0 Å². The van der Waals surface area contributed by atoms with Gasteiger partial charge in [0.1, 0.15) is 6.10 Å². The van der Waals surface area contributed by atoms with Crippen LogP contribution in [0.2, 0.25) is 19.6 Å². The van der Waals surface area contributed by atoms with Gasteiger partial charge < -0.3 is 4.74 Å². The Morgan fingerprint density at radius 3 is 2.59 bits per heavy atom. The molecule has 0 amide bonds. The maximum absolute atomic E-state index is 12.0. The quantitative estimate of drug-likeness (QED) is 0.565.